The minimum atomic E-state index is -4.55. The van der Waals surface area contributed by atoms with E-state index in [1.54, 1.807) is 0 Å². The molecule has 1 rings (SSSR count). The molecule has 19 heavy (non-hydrogen) atoms. The van der Waals surface area contributed by atoms with E-state index < -0.39 is 23.9 Å². The van der Waals surface area contributed by atoms with Gasteiger partial charge in [-0.05, 0) is 6.07 Å². The zero-order valence-corrected chi connectivity index (χ0v) is 9.94. The number of hydrogen-bond acceptors (Lipinski definition) is 5. The summed E-state index contributed by atoms with van der Waals surface area (Å²) >= 11 is 0. The van der Waals surface area contributed by atoms with Crippen molar-refractivity contribution in [2.24, 2.45) is 0 Å². The number of halogens is 3. The molecule has 0 amide bonds. The second kappa shape index (κ2) is 6.32. The summed E-state index contributed by atoms with van der Waals surface area (Å²) in [6.45, 7) is -0.00981. The predicted molar refractivity (Wildman–Crippen MR) is 58.6 cm³/mol. The van der Waals surface area contributed by atoms with Crippen LogP contribution in [0.4, 0.5) is 19.1 Å². The number of carboxylic acids is 1. The van der Waals surface area contributed by atoms with Crippen molar-refractivity contribution in [1.29, 1.82) is 0 Å². The largest absolute Gasteiger partial charge is 0.481 e. The first-order chi connectivity index (χ1) is 8.82. The van der Waals surface area contributed by atoms with Gasteiger partial charge in [-0.2, -0.15) is 13.2 Å². The van der Waals surface area contributed by atoms with Gasteiger partial charge < -0.3 is 15.2 Å². The van der Waals surface area contributed by atoms with E-state index in [-0.39, 0.29) is 18.9 Å². The average molecular weight is 279 g/mol. The van der Waals surface area contributed by atoms with Crippen LogP contribution in [0.15, 0.2) is 12.3 Å². The van der Waals surface area contributed by atoms with Crippen LogP contribution in [0, 0.1) is 0 Å². The van der Waals surface area contributed by atoms with E-state index in [0.717, 1.165) is 12.3 Å². The number of methoxy groups -OCH3 is 1. The lowest BCUT2D eigenvalue weighted by Gasteiger charge is -2.14. The van der Waals surface area contributed by atoms with Gasteiger partial charge in [0, 0.05) is 19.9 Å². The summed E-state index contributed by atoms with van der Waals surface area (Å²) in [5.74, 6) is -1.30. The monoisotopic (exact) mass is 279 g/mol. The first-order valence-corrected chi connectivity index (χ1v) is 5.21. The number of nitrogens with zero attached hydrogens (tertiary/aromatic N) is 2. The maximum Gasteiger partial charge on any atom is 0.433 e. The Labute approximate surface area is 106 Å². The van der Waals surface area contributed by atoms with Gasteiger partial charge in [-0.25, -0.2) is 9.97 Å². The summed E-state index contributed by atoms with van der Waals surface area (Å²) < 4.78 is 42.0. The Hall–Kier alpha value is -1.90. The maximum atomic E-state index is 12.4. The van der Waals surface area contributed by atoms with Gasteiger partial charge >= 0.3 is 12.1 Å². The summed E-state index contributed by atoms with van der Waals surface area (Å²) in [4.78, 5) is 17.4. The number of hydrogen-bond donors (Lipinski definition) is 2. The summed E-state index contributed by atoms with van der Waals surface area (Å²) in [7, 11) is 1.31. The molecule has 0 fully saturated rings. The van der Waals surface area contributed by atoms with E-state index in [4.69, 9.17) is 9.84 Å². The summed E-state index contributed by atoms with van der Waals surface area (Å²) in [6, 6.07) is 0.746. The second-order valence-corrected chi connectivity index (χ2v) is 3.60. The van der Waals surface area contributed by atoms with Crippen LogP contribution >= 0.6 is 0 Å². The van der Waals surface area contributed by atoms with Crippen molar-refractivity contribution in [2.45, 2.75) is 18.7 Å². The second-order valence-electron chi connectivity index (χ2n) is 3.60. The maximum absolute atomic E-state index is 12.4. The van der Waals surface area contributed by atoms with Crippen LogP contribution in [0.2, 0.25) is 0 Å². The number of anilines is 1. The van der Waals surface area contributed by atoms with Crippen LogP contribution in [0.3, 0.4) is 0 Å². The van der Waals surface area contributed by atoms with Crippen molar-refractivity contribution in [2.75, 3.05) is 19.0 Å². The molecule has 1 unspecified atom stereocenters. The van der Waals surface area contributed by atoms with Gasteiger partial charge in [0.25, 0.3) is 0 Å². The molecule has 2 N–H and O–H groups in total. The third kappa shape index (κ3) is 5.08. The average Bonchev–Trinajstić information content (AvgIpc) is 2.33. The van der Waals surface area contributed by atoms with Gasteiger partial charge in [0.2, 0.25) is 5.95 Å². The number of aliphatic carboxylic acids is 1. The molecular formula is C10H12F3N3O3. The molecule has 0 saturated carbocycles. The number of alkyl halides is 3. The lowest BCUT2D eigenvalue weighted by Crippen LogP contribution is -2.26. The van der Waals surface area contributed by atoms with Crippen molar-refractivity contribution >= 4 is 11.9 Å². The third-order valence-electron chi connectivity index (χ3n) is 2.17. The zero-order chi connectivity index (χ0) is 14.5. The van der Waals surface area contributed by atoms with Crippen LogP contribution < -0.4 is 5.32 Å². The number of carbonyl (C=O) groups is 1. The smallest absolute Gasteiger partial charge is 0.433 e. The van der Waals surface area contributed by atoms with E-state index >= 15 is 0 Å². The van der Waals surface area contributed by atoms with Crippen molar-refractivity contribution in [1.82, 2.24) is 9.97 Å². The molecule has 0 saturated heterocycles. The molecule has 0 spiro atoms. The van der Waals surface area contributed by atoms with Gasteiger partial charge in [-0.3, -0.25) is 4.79 Å². The Kier molecular flexibility index (Phi) is 5.04. The summed E-state index contributed by atoms with van der Waals surface area (Å²) in [6.07, 6.45) is -4.54. The highest BCUT2D eigenvalue weighted by Crippen LogP contribution is 2.27. The molecule has 0 aliphatic rings. The highest BCUT2D eigenvalue weighted by molar-refractivity contribution is 5.67. The standard InChI is InChI=1S/C10H12F3N3O3/c1-19-6(4-8(17)18)5-15-9-14-3-2-7(16-9)10(11,12)13/h2-3,6H,4-5H2,1H3,(H,17,18)(H,14,15,16). The SMILES string of the molecule is COC(CNc1nccc(C(F)(F)F)n1)CC(=O)O. The van der Waals surface area contributed by atoms with Gasteiger partial charge in [-0.1, -0.05) is 0 Å². The van der Waals surface area contributed by atoms with E-state index in [1.165, 1.54) is 7.11 Å². The molecule has 0 aliphatic heterocycles. The van der Waals surface area contributed by atoms with E-state index in [1.807, 2.05) is 0 Å². The van der Waals surface area contributed by atoms with Crippen LogP contribution in [0.5, 0.6) is 0 Å². The lowest BCUT2D eigenvalue weighted by molar-refractivity contribution is -0.141. The molecule has 1 heterocycles. The Balaban J connectivity index is 2.65. The highest BCUT2D eigenvalue weighted by atomic mass is 19.4. The Morgan fingerprint density at radius 3 is 2.79 bits per heavy atom. The third-order valence-corrected chi connectivity index (χ3v) is 2.17. The van der Waals surface area contributed by atoms with Gasteiger partial charge in [0.15, 0.2) is 0 Å². The molecule has 0 aromatic carbocycles. The minimum Gasteiger partial charge on any atom is -0.481 e. The molecule has 106 valence electrons. The Morgan fingerprint density at radius 2 is 2.26 bits per heavy atom. The first-order valence-electron chi connectivity index (χ1n) is 5.21. The fourth-order valence-corrected chi connectivity index (χ4v) is 1.24. The molecule has 1 aromatic rings. The molecule has 9 heteroatoms. The van der Waals surface area contributed by atoms with Crippen LogP contribution in [0.1, 0.15) is 12.1 Å². The van der Waals surface area contributed by atoms with E-state index in [2.05, 4.69) is 15.3 Å². The van der Waals surface area contributed by atoms with Crippen molar-refractivity contribution in [3.63, 3.8) is 0 Å². The number of ether oxygens (including phenoxy) is 1. The molecule has 1 atom stereocenters. The molecule has 0 aliphatic carbocycles. The zero-order valence-electron chi connectivity index (χ0n) is 9.94. The summed E-state index contributed by atoms with van der Waals surface area (Å²) in [5, 5.41) is 11.1. The predicted octanol–water partition coefficient (Wildman–Crippen LogP) is 1.40. The van der Waals surface area contributed by atoms with E-state index in [0.29, 0.717) is 0 Å². The molecule has 1 aromatic heterocycles. The molecule has 6 nitrogen and oxygen atoms in total. The Morgan fingerprint density at radius 1 is 1.58 bits per heavy atom. The molecule has 0 bridgehead atoms. The lowest BCUT2D eigenvalue weighted by atomic mass is 10.2. The first kappa shape index (κ1) is 15.2. The fraction of sp³-hybridized carbons (Fsp3) is 0.500. The number of nitrogens with one attached hydrogen (secondary N) is 1. The number of rotatable bonds is 6. The van der Waals surface area contributed by atoms with E-state index in [9.17, 15) is 18.0 Å². The van der Waals surface area contributed by atoms with Crippen LogP contribution in [0.25, 0.3) is 0 Å². The summed E-state index contributed by atoms with van der Waals surface area (Å²) in [5.41, 5.74) is -1.07. The van der Waals surface area contributed by atoms with Crippen LogP contribution in [-0.2, 0) is 15.7 Å². The number of aromatic nitrogens is 2. The molecule has 0 radical (unpaired) electrons. The quantitative estimate of drug-likeness (QED) is 0.818. The number of carboxylic acid groups (broad SMARTS) is 1. The highest BCUT2D eigenvalue weighted by Gasteiger charge is 2.32. The topological polar surface area (TPSA) is 84.3 Å². The van der Waals surface area contributed by atoms with Gasteiger partial charge in [0.05, 0.1) is 12.5 Å². The minimum absolute atomic E-state index is 0.00981. The van der Waals surface area contributed by atoms with Gasteiger partial charge in [-0.15, -0.1) is 0 Å². The van der Waals surface area contributed by atoms with Crippen molar-refractivity contribution in [3.8, 4) is 0 Å². The fourth-order valence-electron chi connectivity index (χ4n) is 1.24. The van der Waals surface area contributed by atoms with Gasteiger partial charge in [0.1, 0.15) is 5.69 Å². The Bertz CT molecular complexity index is 440. The van der Waals surface area contributed by atoms with Crippen molar-refractivity contribution in [3.05, 3.63) is 18.0 Å². The van der Waals surface area contributed by atoms with Crippen LogP contribution in [-0.4, -0.2) is 40.8 Å². The van der Waals surface area contributed by atoms with Crippen molar-refractivity contribution < 1.29 is 27.8 Å². The normalized spacial score (nSPS) is 13.1. The molecular weight excluding hydrogens is 267 g/mol.